The van der Waals surface area contributed by atoms with Gasteiger partial charge in [0.2, 0.25) is 0 Å². The number of nitrogens with one attached hydrogen (secondary N) is 2. The minimum absolute atomic E-state index is 0. The number of carbonyl (C=O) groups is 1. The molecular formula is C6H14N4O2Zr. The molecule has 0 saturated carbocycles. The maximum Gasteiger partial charge on any atom is 0.320 e. The number of hydrogen-bond acceptors (Lipinski definition) is 3. The van der Waals surface area contributed by atoms with Crippen LogP contribution in [0.3, 0.4) is 0 Å². The van der Waals surface area contributed by atoms with Crippen molar-refractivity contribution in [3.63, 3.8) is 0 Å². The zero-order chi connectivity index (χ0) is 9.56. The van der Waals surface area contributed by atoms with Gasteiger partial charge in [-0.15, -0.1) is 0 Å². The van der Waals surface area contributed by atoms with Crippen LogP contribution in [0.5, 0.6) is 0 Å². The zero-order valence-corrected chi connectivity index (χ0v) is 9.67. The van der Waals surface area contributed by atoms with Gasteiger partial charge in [0.05, 0.1) is 0 Å². The fraction of sp³-hybridized carbons (Fsp3) is 0.667. The molecule has 0 aromatic heterocycles. The molecular weight excluding hydrogens is 251 g/mol. The van der Waals surface area contributed by atoms with Gasteiger partial charge in [0.15, 0.2) is 5.96 Å². The zero-order valence-electron chi connectivity index (χ0n) is 7.21. The number of guanidine groups is 1. The second-order valence-electron chi connectivity index (χ2n) is 2.43. The van der Waals surface area contributed by atoms with E-state index in [1.165, 1.54) is 0 Å². The summed E-state index contributed by atoms with van der Waals surface area (Å²) in [7, 11) is 0. The summed E-state index contributed by atoms with van der Waals surface area (Å²) in [5.41, 5.74) is 10.2. The van der Waals surface area contributed by atoms with Gasteiger partial charge in [-0.3, -0.25) is 10.2 Å². The molecule has 0 radical (unpaired) electrons. The van der Waals surface area contributed by atoms with Crippen LogP contribution in [0.1, 0.15) is 12.8 Å². The standard InChI is InChI=1S/C6H14N4O2.Zr/c7-4(5(11)12)2-1-3-10-6(8)9;/h4H,1-3,7H2,(H,11,12)(H4,8,9,10);. The normalized spacial score (nSPS) is 11.2. The van der Waals surface area contributed by atoms with Gasteiger partial charge in [0.25, 0.3) is 0 Å². The summed E-state index contributed by atoms with van der Waals surface area (Å²) in [6, 6.07) is -0.821. The molecule has 0 rings (SSSR count). The van der Waals surface area contributed by atoms with Gasteiger partial charge in [0.1, 0.15) is 6.04 Å². The fourth-order valence-corrected chi connectivity index (χ4v) is 0.669. The van der Waals surface area contributed by atoms with Gasteiger partial charge in [-0.25, -0.2) is 0 Å². The van der Waals surface area contributed by atoms with E-state index in [0.717, 1.165) is 0 Å². The summed E-state index contributed by atoms with van der Waals surface area (Å²) in [6.07, 6.45) is 0.975. The Kier molecular flexibility index (Phi) is 9.50. The largest absolute Gasteiger partial charge is 0.480 e. The van der Waals surface area contributed by atoms with Crippen molar-refractivity contribution >= 4 is 11.9 Å². The monoisotopic (exact) mass is 264 g/mol. The molecule has 1 unspecified atom stereocenters. The second kappa shape index (κ2) is 8.19. The Hall–Kier alpha value is -0.417. The van der Waals surface area contributed by atoms with E-state index >= 15 is 0 Å². The van der Waals surface area contributed by atoms with E-state index in [1.807, 2.05) is 0 Å². The maximum absolute atomic E-state index is 10.2. The summed E-state index contributed by atoms with van der Waals surface area (Å²) in [6.45, 7) is 0.482. The van der Waals surface area contributed by atoms with E-state index in [2.05, 4.69) is 5.32 Å². The topological polar surface area (TPSA) is 125 Å². The molecule has 0 saturated heterocycles. The summed E-state index contributed by atoms with van der Waals surface area (Å²) in [5, 5.41) is 17.7. The number of nitrogens with two attached hydrogens (primary N) is 2. The van der Waals surface area contributed by atoms with Gasteiger partial charge in [0, 0.05) is 32.7 Å². The van der Waals surface area contributed by atoms with Crippen molar-refractivity contribution in [2.75, 3.05) is 6.54 Å². The van der Waals surface area contributed by atoms with Crippen LogP contribution in [0.15, 0.2) is 0 Å². The smallest absolute Gasteiger partial charge is 0.320 e. The van der Waals surface area contributed by atoms with Crippen LogP contribution in [0.4, 0.5) is 0 Å². The third-order valence-corrected chi connectivity index (χ3v) is 1.32. The van der Waals surface area contributed by atoms with Crippen molar-refractivity contribution in [3.05, 3.63) is 0 Å². The Morgan fingerprint density at radius 3 is 2.54 bits per heavy atom. The predicted octanol–water partition coefficient (Wildman–Crippen LogP) is -1.34. The van der Waals surface area contributed by atoms with Crippen molar-refractivity contribution in [3.8, 4) is 0 Å². The second-order valence-corrected chi connectivity index (χ2v) is 2.43. The van der Waals surface area contributed by atoms with Crippen LogP contribution in [0, 0.1) is 5.41 Å². The summed E-state index contributed by atoms with van der Waals surface area (Å²) in [5.74, 6) is -1.11. The Labute approximate surface area is 95.7 Å². The molecule has 0 aromatic carbocycles. The molecule has 0 amide bonds. The number of carboxylic acid groups (broad SMARTS) is 1. The van der Waals surface area contributed by atoms with Gasteiger partial charge in [-0.1, -0.05) is 0 Å². The molecule has 0 bridgehead atoms. The summed E-state index contributed by atoms with van der Waals surface area (Å²) < 4.78 is 0. The predicted molar refractivity (Wildman–Crippen MR) is 44.8 cm³/mol. The van der Waals surface area contributed by atoms with Crippen molar-refractivity contribution < 1.29 is 36.1 Å². The maximum atomic E-state index is 10.2. The molecule has 0 aliphatic heterocycles. The number of hydrogen-bond donors (Lipinski definition) is 5. The van der Waals surface area contributed by atoms with E-state index in [0.29, 0.717) is 19.4 Å². The van der Waals surface area contributed by atoms with Crippen LogP contribution < -0.4 is 16.8 Å². The van der Waals surface area contributed by atoms with Gasteiger partial charge in [-0.05, 0) is 12.8 Å². The molecule has 0 spiro atoms. The first-order valence-electron chi connectivity index (χ1n) is 3.60. The van der Waals surface area contributed by atoms with Gasteiger partial charge < -0.3 is 21.9 Å². The first kappa shape index (κ1) is 15.1. The van der Waals surface area contributed by atoms with Crippen molar-refractivity contribution in [2.45, 2.75) is 18.9 Å². The summed E-state index contributed by atoms with van der Waals surface area (Å²) >= 11 is 0. The molecule has 0 aliphatic carbocycles. The van der Waals surface area contributed by atoms with Crippen LogP contribution in [-0.2, 0) is 31.0 Å². The van der Waals surface area contributed by atoms with E-state index < -0.39 is 12.0 Å². The molecule has 7 N–H and O–H groups in total. The third-order valence-electron chi connectivity index (χ3n) is 1.32. The van der Waals surface area contributed by atoms with E-state index in [1.54, 1.807) is 0 Å². The molecule has 0 aromatic rings. The van der Waals surface area contributed by atoms with Crippen molar-refractivity contribution in [1.82, 2.24) is 5.32 Å². The van der Waals surface area contributed by atoms with E-state index in [-0.39, 0.29) is 32.2 Å². The molecule has 6 nitrogen and oxygen atoms in total. The molecule has 0 aliphatic rings. The van der Waals surface area contributed by atoms with Crippen LogP contribution in [0.25, 0.3) is 0 Å². The van der Waals surface area contributed by atoms with Crippen LogP contribution >= 0.6 is 0 Å². The number of aliphatic carboxylic acids is 1. The average molecular weight is 265 g/mol. The SMILES string of the molecule is N=C(N)NCCCC(N)C(=O)O.[Zr]. The molecule has 7 heteroatoms. The molecule has 0 fully saturated rings. The first-order valence-corrected chi connectivity index (χ1v) is 3.60. The molecule has 74 valence electrons. The minimum atomic E-state index is -1.00. The number of rotatable bonds is 5. The minimum Gasteiger partial charge on any atom is -0.480 e. The van der Waals surface area contributed by atoms with E-state index in [9.17, 15) is 4.79 Å². The Morgan fingerprint density at radius 2 is 2.15 bits per heavy atom. The number of carboxylic acids is 1. The Morgan fingerprint density at radius 1 is 1.62 bits per heavy atom. The average Bonchev–Trinajstić information content (AvgIpc) is 1.97. The first-order chi connectivity index (χ1) is 5.54. The molecule has 1 atom stereocenters. The van der Waals surface area contributed by atoms with Gasteiger partial charge >= 0.3 is 5.97 Å². The fourth-order valence-electron chi connectivity index (χ4n) is 0.669. The molecule has 13 heavy (non-hydrogen) atoms. The van der Waals surface area contributed by atoms with Crippen LogP contribution in [-0.4, -0.2) is 29.6 Å². The Bertz CT molecular complexity index is 176. The Balaban J connectivity index is 0. The third kappa shape index (κ3) is 9.50. The van der Waals surface area contributed by atoms with Gasteiger partial charge in [-0.2, -0.15) is 0 Å². The quantitative estimate of drug-likeness (QED) is 0.239. The molecule has 0 heterocycles. The van der Waals surface area contributed by atoms with E-state index in [4.69, 9.17) is 22.0 Å². The van der Waals surface area contributed by atoms with Crippen LogP contribution in [0.2, 0.25) is 0 Å². The van der Waals surface area contributed by atoms with Crippen molar-refractivity contribution in [2.24, 2.45) is 11.5 Å². The summed E-state index contributed by atoms with van der Waals surface area (Å²) in [4.78, 5) is 10.2. The van der Waals surface area contributed by atoms with Crippen molar-refractivity contribution in [1.29, 1.82) is 5.41 Å².